The molecule has 2 aliphatic rings. The van der Waals surface area contributed by atoms with Gasteiger partial charge in [0.05, 0.1) is 10.6 Å². The van der Waals surface area contributed by atoms with Gasteiger partial charge in [-0.05, 0) is 49.6 Å². The first-order valence-corrected chi connectivity index (χ1v) is 10.6. The summed E-state index contributed by atoms with van der Waals surface area (Å²) in [6.45, 7) is 2.37. The van der Waals surface area contributed by atoms with Crippen molar-refractivity contribution in [1.82, 2.24) is 4.31 Å². The van der Waals surface area contributed by atoms with E-state index in [0.717, 1.165) is 11.3 Å². The van der Waals surface area contributed by atoms with Crippen molar-refractivity contribution in [2.75, 3.05) is 18.0 Å². The molecule has 2 aromatic rings. The molecule has 2 aromatic carbocycles. The summed E-state index contributed by atoms with van der Waals surface area (Å²) in [4.78, 5) is 14.1. The maximum Gasteiger partial charge on any atom is 0.414 e. The van der Waals surface area contributed by atoms with Crippen LogP contribution in [0.3, 0.4) is 0 Å². The number of carbonyl (C=O) groups excluding carboxylic acids is 1. The van der Waals surface area contributed by atoms with Crippen LogP contribution in [0.5, 0.6) is 0 Å². The van der Waals surface area contributed by atoms with Crippen LogP contribution >= 0.6 is 0 Å². The van der Waals surface area contributed by atoms with Gasteiger partial charge >= 0.3 is 6.09 Å². The van der Waals surface area contributed by atoms with Crippen molar-refractivity contribution >= 4 is 21.8 Å². The highest BCUT2D eigenvalue weighted by atomic mass is 32.2. The molecule has 0 aromatic heterocycles. The number of hydrogen-bond acceptors (Lipinski definition) is 4. The quantitative estimate of drug-likeness (QED) is 0.786. The molecule has 2 heterocycles. The fourth-order valence-electron chi connectivity index (χ4n) is 3.79. The number of sulfonamides is 1. The second-order valence-electron chi connectivity index (χ2n) is 7.10. The van der Waals surface area contributed by atoms with E-state index in [4.69, 9.17) is 4.74 Å². The predicted octanol–water partition coefficient (Wildman–Crippen LogP) is 3.44. The molecule has 0 unspecified atom stereocenters. The molecular weight excluding hydrogens is 383 g/mol. The van der Waals surface area contributed by atoms with E-state index < -0.39 is 21.9 Å². The van der Waals surface area contributed by atoms with Gasteiger partial charge in [-0.1, -0.05) is 18.2 Å². The number of para-hydroxylation sites is 1. The number of carbonyl (C=O) groups is 1. The van der Waals surface area contributed by atoms with E-state index in [1.54, 1.807) is 11.8 Å². The van der Waals surface area contributed by atoms with Crippen LogP contribution in [0.2, 0.25) is 0 Å². The van der Waals surface area contributed by atoms with Gasteiger partial charge in [-0.15, -0.1) is 0 Å². The minimum atomic E-state index is -3.70. The molecule has 6 nitrogen and oxygen atoms in total. The number of aryl methyl sites for hydroxylation is 1. The minimum absolute atomic E-state index is 0.0903. The number of ether oxygens (including phenoxy) is 1. The van der Waals surface area contributed by atoms with Gasteiger partial charge in [-0.25, -0.2) is 17.6 Å². The van der Waals surface area contributed by atoms with Crippen molar-refractivity contribution < 1.29 is 22.3 Å². The summed E-state index contributed by atoms with van der Waals surface area (Å²) in [6.07, 6.45) is 0.611. The van der Waals surface area contributed by atoms with E-state index in [0.29, 0.717) is 18.4 Å². The summed E-state index contributed by atoms with van der Waals surface area (Å²) in [5.41, 5.74) is 2.07. The first-order valence-electron chi connectivity index (χ1n) is 9.18. The third kappa shape index (κ3) is 3.27. The van der Waals surface area contributed by atoms with Crippen LogP contribution in [0.1, 0.15) is 24.0 Å². The SMILES string of the molecule is Cc1cc(S(=O)(=O)N2CCC(N3C(=O)OCc4ccccc43)CC2)ccc1F. The molecule has 1 fully saturated rings. The van der Waals surface area contributed by atoms with Gasteiger partial charge in [-0.3, -0.25) is 4.90 Å². The maximum absolute atomic E-state index is 13.5. The number of benzene rings is 2. The highest BCUT2D eigenvalue weighted by Gasteiger charge is 2.37. The molecule has 0 spiro atoms. The monoisotopic (exact) mass is 404 g/mol. The number of piperidine rings is 1. The van der Waals surface area contributed by atoms with Crippen molar-refractivity contribution in [2.24, 2.45) is 0 Å². The standard InChI is InChI=1S/C20H21FN2O4S/c1-14-12-17(6-7-18(14)21)28(25,26)22-10-8-16(9-11-22)23-19-5-3-2-4-15(19)13-27-20(23)24/h2-7,12,16H,8-11,13H2,1H3. The van der Waals surface area contributed by atoms with Crippen LogP contribution < -0.4 is 4.90 Å². The third-order valence-corrected chi connectivity index (χ3v) is 7.25. The van der Waals surface area contributed by atoms with Crippen LogP contribution in [0, 0.1) is 12.7 Å². The Balaban J connectivity index is 1.52. The van der Waals surface area contributed by atoms with Crippen LogP contribution in [0.25, 0.3) is 0 Å². The molecule has 28 heavy (non-hydrogen) atoms. The van der Waals surface area contributed by atoms with Gasteiger partial charge < -0.3 is 4.74 Å². The highest BCUT2D eigenvalue weighted by Crippen LogP contribution is 2.32. The van der Waals surface area contributed by atoms with Crippen LogP contribution in [0.15, 0.2) is 47.4 Å². The number of nitrogens with zero attached hydrogens (tertiary/aromatic N) is 2. The van der Waals surface area contributed by atoms with Crippen molar-refractivity contribution in [2.45, 2.75) is 37.3 Å². The zero-order chi connectivity index (χ0) is 19.9. The highest BCUT2D eigenvalue weighted by molar-refractivity contribution is 7.89. The molecule has 1 amide bonds. The Morgan fingerprint density at radius 1 is 1.11 bits per heavy atom. The van der Waals surface area contributed by atoms with Crippen molar-refractivity contribution in [3.63, 3.8) is 0 Å². The summed E-state index contributed by atoms with van der Waals surface area (Å²) < 4.78 is 46.0. The predicted molar refractivity (Wildman–Crippen MR) is 102 cm³/mol. The molecule has 1 saturated heterocycles. The van der Waals surface area contributed by atoms with Crippen molar-refractivity contribution in [3.05, 3.63) is 59.4 Å². The Morgan fingerprint density at radius 3 is 2.54 bits per heavy atom. The molecule has 0 aliphatic carbocycles. The second kappa shape index (κ2) is 7.18. The smallest absolute Gasteiger partial charge is 0.414 e. The number of fused-ring (bicyclic) bond motifs is 1. The molecule has 8 heteroatoms. The fourth-order valence-corrected chi connectivity index (χ4v) is 5.34. The van der Waals surface area contributed by atoms with Gasteiger partial charge in [0.25, 0.3) is 0 Å². The third-order valence-electron chi connectivity index (χ3n) is 5.35. The summed E-state index contributed by atoms with van der Waals surface area (Å²) in [6, 6.07) is 11.3. The Morgan fingerprint density at radius 2 is 1.82 bits per heavy atom. The van der Waals surface area contributed by atoms with Crippen LogP contribution in [-0.4, -0.2) is 37.9 Å². The van der Waals surface area contributed by atoms with E-state index in [9.17, 15) is 17.6 Å². The summed E-state index contributed by atoms with van der Waals surface area (Å²) >= 11 is 0. The molecule has 0 bridgehead atoms. The van der Waals surface area contributed by atoms with Gasteiger partial charge in [-0.2, -0.15) is 4.31 Å². The number of halogens is 1. The topological polar surface area (TPSA) is 66.9 Å². The first kappa shape index (κ1) is 18.9. The lowest BCUT2D eigenvalue weighted by Gasteiger charge is -2.39. The van der Waals surface area contributed by atoms with Crippen LogP contribution in [-0.2, 0) is 21.4 Å². The van der Waals surface area contributed by atoms with E-state index in [-0.39, 0.29) is 30.6 Å². The lowest BCUT2D eigenvalue weighted by molar-refractivity contribution is 0.136. The Bertz CT molecular complexity index is 1020. The number of hydrogen-bond donors (Lipinski definition) is 0. The summed E-state index contributed by atoms with van der Waals surface area (Å²) in [7, 11) is -3.70. The van der Waals surface area contributed by atoms with E-state index in [1.807, 2.05) is 24.3 Å². The lowest BCUT2D eigenvalue weighted by atomic mass is 10.0. The largest absolute Gasteiger partial charge is 0.444 e. The van der Waals surface area contributed by atoms with E-state index in [1.165, 1.54) is 22.5 Å². The maximum atomic E-state index is 13.5. The van der Waals surface area contributed by atoms with Gasteiger partial charge in [0.2, 0.25) is 10.0 Å². The van der Waals surface area contributed by atoms with Gasteiger partial charge in [0.15, 0.2) is 0 Å². The van der Waals surface area contributed by atoms with Gasteiger partial charge in [0.1, 0.15) is 12.4 Å². The number of amides is 1. The van der Waals surface area contributed by atoms with E-state index in [2.05, 4.69) is 0 Å². The van der Waals surface area contributed by atoms with Gasteiger partial charge in [0, 0.05) is 24.7 Å². The molecule has 0 N–H and O–H groups in total. The molecule has 148 valence electrons. The van der Waals surface area contributed by atoms with E-state index >= 15 is 0 Å². The summed E-state index contributed by atoms with van der Waals surface area (Å²) in [5, 5.41) is 0. The molecule has 0 atom stereocenters. The lowest BCUT2D eigenvalue weighted by Crippen LogP contribution is -2.50. The van der Waals surface area contributed by atoms with Crippen molar-refractivity contribution in [1.29, 1.82) is 0 Å². The first-order chi connectivity index (χ1) is 13.4. The molecule has 0 radical (unpaired) electrons. The van der Waals surface area contributed by atoms with Crippen LogP contribution in [0.4, 0.5) is 14.9 Å². The molecule has 4 rings (SSSR count). The zero-order valence-corrected chi connectivity index (χ0v) is 16.3. The Hall–Kier alpha value is -2.45. The second-order valence-corrected chi connectivity index (χ2v) is 9.04. The molecule has 2 aliphatic heterocycles. The number of rotatable bonds is 3. The fraction of sp³-hybridized carbons (Fsp3) is 0.350. The number of anilines is 1. The number of cyclic esters (lactones) is 1. The zero-order valence-electron chi connectivity index (χ0n) is 15.5. The molecular formula is C20H21FN2O4S. The molecule has 0 saturated carbocycles. The van der Waals surface area contributed by atoms with Crippen molar-refractivity contribution in [3.8, 4) is 0 Å². The average Bonchev–Trinajstić information content (AvgIpc) is 2.70. The minimum Gasteiger partial charge on any atom is -0.444 e. The Labute approximate surface area is 163 Å². The summed E-state index contributed by atoms with van der Waals surface area (Å²) in [5.74, 6) is -0.431. The normalized spacial score (nSPS) is 18.6. The Kier molecular flexibility index (Phi) is 4.84. The average molecular weight is 404 g/mol.